The number of ether oxygens (including phenoxy) is 2. The minimum absolute atomic E-state index is 0.0784. The fourth-order valence-electron chi connectivity index (χ4n) is 3.94. The molecule has 1 heterocycles. The Balaban J connectivity index is 2.69. The lowest BCUT2D eigenvalue weighted by Gasteiger charge is -2.53. The molecular formula is C23H44N2O4. The minimum Gasteiger partial charge on any atom is -0.465 e. The standard InChI is InChI=1S/C23H44N2O4/c1-12-24(10)20(2,3)13-14-28-18(26)23(8,9)19(27)29-17-15-21(4,5)25(11)22(6,7)16-17/h17H,12-16H2,1-11H3. The molecule has 0 saturated carbocycles. The van der Waals surface area contributed by atoms with Gasteiger partial charge in [0.15, 0.2) is 5.41 Å². The molecule has 0 bridgehead atoms. The molecule has 0 aromatic heterocycles. The van der Waals surface area contributed by atoms with E-state index in [-0.39, 0.29) is 29.3 Å². The van der Waals surface area contributed by atoms with E-state index in [1.807, 2.05) is 7.05 Å². The van der Waals surface area contributed by atoms with Crippen LogP contribution in [0.2, 0.25) is 0 Å². The molecule has 0 aliphatic carbocycles. The minimum atomic E-state index is -1.32. The monoisotopic (exact) mass is 412 g/mol. The maximum atomic E-state index is 12.8. The molecule has 6 heteroatoms. The van der Waals surface area contributed by atoms with Crippen LogP contribution in [0.25, 0.3) is 0 Å². The number of esters is 2. The van der Waals surface area contributed by atoms with Gasteiger partial charge in [0, 0.05) is 29.5 Å². The first kappa shape index (κ1) is 25.9. The number of likely N-dealkylation sites (tertiary alicyclic amines) is 1. The van der Waals surface area contributed by atoms with Gasteiger partial charge in [-0.3, -0.25) is 14.5 Å². The molecule has 1 aliphatic rings. The Morgan fingerprint density at radius 2 is 1.52 bits per heavy atom. The smallest absolute Gasteiger partial charge is 0.323 e. The third-order valence-electron chi connectivity index (χ3n) is 7.02. The molecule has 0 aromatic rings. The largest absolute Gasteiger partial charge is 0.465 e. The Bertz CT molecular complexity index is 578. The summed E-state index contributed by atoms with van der Waals surface area (Å²) in [4.78, 5) is 30.0. The Labute approximate surface area is 178 Å². The normalized spacial score (nSPS) is 20.6. The van der Waals surface area contributed by atoms with E-state index in [0.29, 0.717) is 6.42 Å². The molecule has 0 amide bonds. The summed E-state index contributed by atoms with van der Waals surface area (Å²) in [6.45, 7) is 19.3. The van der Waals surface area contributed by atoms with Crippen molar-refractivity contribution in [1.82, 2.24) is 9.80 Å². The van der Waals surface area contributed by atoms with Gasteiger partial charge in [-0.05, 0) is 82.5 Å². The zero-order valence-corrected chi connectivity index (χ0v) is 20.6. The number of hydrogen-bond acceptors (Lipinski definition) is 6. The van der Waals surface area contributed by atoms with Crippen LogP contribution < -0.4 is 0 Å². The molecule has 1 aliphatic heterocycles. The van der Waals surface area contributed by atoms with Gasteiger partial charge in [0.05, 0.1) is 6.61 Å². The fraction of sp³-hybridized carbons (Fsp3) is 0.913. The predicted molar refractivity (Wildman–Crippen MR) is 117 cm³/mol. The summed E-state index contributed by atoms with van der Waals surface area (Å²) < 4.78 is 11.3. The molecule has 1 rings (SSSR count). The van der Waals surface area contributed by atoms with Gasteiger partial charge in [0.2, 0.25) is 0 Å². The van der Waals surface area contributed by atoms with Crippen molar-refractivity contribution in [2.45, 2.75) is 104 Å². The van der Waals surface area contributed by atoms with Gasteiger partial charge in [-0.15, -0.1) is 0 Å². The van der Waals surface area contributed by atoms with Gasteiger partial charge in [0.1, 0.15) is 6.10 Å². The summed E-state index contributed by atoms with van der Waals surface area (Å²) in [5.74, 6) is -1.03. The van der Waals surface area contributed by atoms with Gasteiger partial charge in [0.25, 0.3) is 0 Å². The van der Waals surface area contributed by atoms with Crippen LogP contribution in [-0.2, 0) is 19.1 Å². The van der Waals surface area contributed by atoms with E-state index in [1.165, 1.54) is 0 Å². The molecule has 1 fully saturated rings. The lowest BCUT2D eigenvalue weighted by Crippen LogP contribution is -2.60. The Morgan fingerprint density at radius 3 is 1.97 bits per heavy atom. The van der Waals surface area contributed by atoms with Crippen LogP contribution in [-0.4, -0.2) is 71.7 Å². The zero-order valence-electron chi connectivity index (χ0n) is 20.6. The first-order valence-corrected chi connectivity index (χ1v) is 10.8. The maximum Gasteiger partial charge on any atom is 0.323 e. The lowest BCUT2D eigenvalue weighted by molar-refractivity contribution is -0.179. The predicted octanol–water partition coefficient (Wildman–Crippen LogP) is 3.87. The quantitative estimate of drug-likeness (QED) is 0.445. The van der Waals surface area contributed by atoms with E-state index >= 15 is 0 Å². The molecular weight excluding hydrogens is 368 g/mol. The number of hydrogen-bond donors (Lipinski definition) is 0. The van der Waals surface area contributed by atoms with Crippen molar-refractivity contribution < 1.29 is 19.1 Å². The highest BCUT2D eigenvalue weighted by Crippen LogP contribution is 2.39. The van der Waals surface area contributed by atoms with Crippen LogP contribution in [0.1, 0.15) is 81.6 Å². The van der Waals surface area contributed by atoms with Crippen molar-refractivity contribution in [2.24, 2.45) is 5.41 Å². The summed E-state index contributed by atoms with van der Waals surface area (Å²) in [5.41, 5.74) is -1.58. The van der Waals surface area contributed by atoms with Crippen molar-refractivity contribution in [1.29, 1.82) is 0 Å². The Kier molecular flexibility index (Phi) is 7.97. The van der Waals surface area contributed by atoms with Crippen molar-refractivity contribution in [3.63, 3.8) is 0 Å². The number of piperidine rings is 1. The van der Waals surface area contributed by atoms with Gasteiger partial charge in [-0.25, -0.2) is 0 Å². The van der Waals surface area contributed by atoms with Gasteiger partial charge < -0.3 is 14.4 Å². The average Bonchev–Trinajstić information content (AvgIpc) is 2.57. The topological polar surface area (TPSA) is 59.1 Å². The number of carbonyl (C=O) groups excluding carboxylic acids is 2. The molecule has 6 nitrogen and oxygen atoms in total. The molecule has 0 spiro atoms. The van der Waals surface area contributed by atoms with E-state index in [2.05, 4.69) is 65.3 Å². The summed E-state index contributed by atoms with van der Waals surface area (Å²) in [6.07, 6.45) is 1.96. The van der Waals surface area contributed by atoms with E-state index in [0.717, 1.165) is 19.4 Å². The average molecular weight is 413 g/mol. The van der Waals surface area contributed by atoms with E-state index < -0.39 is 17.4 Å². The van der Waals surface area contributed by atoms with Gasteiger partial charge in [-0.2, -0.15) is 0 Å². The van der Waals surface area contributed by atoms with Gasteiger partial charge in [-0.1, -0.05) is 6.92 Å². The first-order chi connectivity index (χ1) is 13.0. The molecule has 1 saturated heterocycles. The number of rotatable bonds is 8. The second-order valence-corrected chi connectivity index (χ2v) is 11.0. The zero-order chi connectivity index (χ0) is 22.8. The molecule has 0 N–H and O–H groups in total. The maximum absolute atomic E-state index is 12.8. The summed E-state index contributed by atoms with van der Waals surface area (Å²) in [6, 6.07) is 0. The molecule has 0 atom stereocenters. The Morgan fingerprint density at radius 1 is 1.03 bits per heavy atom. The lowest BCUT2D eigenvalue weighted by atomic mass is 9.78. The third-order valence-corrected chi connectivity index (χ3v) is 7.02. The molecule has 29 heavy (non-hydrogen) atoms. The SMILES string of the molecule is CCN(C)C(C)(C)CCOC(=O)C(C)(C)C(=O)OC1CC(C)(C)N(C)C(C)(C)C1. The van der Waals surface area contributed by atoms with E-state index in [4.69, 9.17) is 9.47 Å². The summed E-state index contributed by atoms with van der Waals surface area (Å²) in [5, 5.41) is 0. The van der Waals surface area contributed by atoms with Crippen molar-refractivity contribution in [2.75, 3.05) is 27.2 Å². The highest BCUT2D eigenvalue weighted by molar-refractivity contribution is 5.99. The Hall–Kier alpha value is -1.14. The second-order valence-electron chi connectivity index (χ2n) is 11.0. The number of carbonyl (C=O) groups is 2. The molecule has 0 radical (unpaired) electrons. The van der Waals surface area contributed by atoms with E-state index in [9.17, 15) is 9.59 Å². The summed E-state index contributed by atoms with van der Waals surface area (Å²) >= 11 is 0. The highest BCUT2D eigenvalue weighted by Gasteiger charge is 2.47. The van der Waals surface area contributed by atoms with Crippen LogP contribution in [0.3, 0.4) is 0 Å². The van der Waals surface area contributed by atoms with Crippen molar-refractivity contribution >= 4 is 11.9 Å². The van der Waals surface area contributed by atoms with E-state index in [1.54, 1.807) is 13.8 Å². The fourth-order valence-corrected chi connectivity index (χ4v) is 3.94. The van der Waals surface area contributed by atoms with Crippen LogP contribution >= 0.6 is 0 Å². The van der Waals surface area contributed by atoms with Crippen molar-refractivity contribution in [3.05, 3.63) is 0 Å². The van der Waals surface area contributed by atoms with Crippen molar-refractivity contribution in [3.8, 4) is 0 Å². The van der Waals surface area contributed by atoms with Gasteiger partial charge >= 0.3 is 11.9 Å². The number of nitrogens with zero attached hydrogens (tertiary/aromatic N) is 2. The summed E-state index contributed by atoms with van der Waals surface area (Å²) in [7, 11) is 4.16. The van der Waals surface area contributed by atoms with Crippen LogP contribution in [0, 0.1) is 5.41 Å². The molecule has 0 unspecified atom stereocenters. The molecule has 0 aromatic carbocycles. The van der Waals surface area contributed by atoms with Crippen LogP contribution in [0.5, 0.6) is 0 Å². The van der Waals surface area contributed by atoms with Crippen LogP contribution in [0.4, 0.5) is 0 Å². The highest BCUT2D eigenvalue weighted by atomic mass is 16.6. The second kappa shape index (κ2) is 8.93. The molecule has 170 valence electrons. The third kappa shape index (κ3) is 6.17. The van der Waals surface area contributed by atoms with Crippen LogP contribution in [0.15, 0.2) is 0 Å². The first-order valence-electron chi connectivity index (χ1n) is 10.8.